The van der Waals surface area contributed by atoms with Crippen molar-refractivity contribution in [3.63, 3.8) is 0 Å². The van der Waals surface area contributed by atoms with Crippen molar-refractivity contribution < 1.29 is 42.7 Å². The molecule has 0 fully saturated rings. The Kier molecular flexibility index (Phi) is 7.27. The number of hydrogen-bond donors (Lipinski definition) is 0. The van der Waals surface area contributed by atoms with Crippen LogP contribution in [0.1, 0.15) is 15.3 Å². The molecule has 0 aliphatic carbocycles. The van der Waals surface area contributed by atoms with E-state index < -0.39 is 16.1 Å². The van der Waals surface area contributed by atoms with Crippen molar-refractivity contribution in [1.82, 2.24) is 0 Å². The minimum Gasteiger partial charge on any atom is -1.00 e. The minimum absolute atomic E-state index is 0. The molecule has 0 rings (SSSR count). The summed E-state index contributed by atoms with van der Waals surface area (Å²) in [7, 11) is -3.73. The van der Waals surface area contributed by atoms with E-state index in [0.29, 0.717) is 0 Å². The fraction of sp³-hybridized carbons (Fsp3) is 0.500. The van der Waals surface area contributed by atoms with E-state index in [1.807, 2.05) is 0 Å². The van der Waals surface area contributed by atoms with Crippen LogP contribution < -0.4 is 18.9 Å². The molecule has 0 aromatic heterocycles. The Morgan fingerprint density at radius 3 is 2.31 bits per heavy atom. The van der Waals surface area contributed by atoms with Crippen LogP contribution in [0.3, 0.4) is 0 Å². The molecule has 0 saturated heterocycles. The minimum atomic E-state index is -3.73. The molecule has 0 aromatic carbocycles. The number of carbonyl (C=O) groups is 1. The van der Waals surface area contributed by atoms with Gasteiger partial charge in [-0.05, 0) is 13.8 Å². The molecule has 0 heterocycles. The molecule has 7 heteroatoms. The standard InChI is InChI=1S/C6H10O5S.Li.H/c1-4-12(8,9)11-10-6(7)5(2)3;;/h2,4H2,1,3H3;;/q;+1;-1. The molecular weight excluding hydrogens is 191 g/mol. The van der Waals surface area contributed by atoms with Crippen LogP contribution in [-0.2, 0) is 24.1 Å². The molecule has 0 bridgehead atoms. The Labute approximate surface area is 90.8 Å². The maximum absolute atomic E-state index is 10.6. The summed E-state index contributed by atoms with van der Waals surface area (Å²) in [4.78, 5) is 14.5. The van der Waals surface area contributed by atoms with Gasteiger partial charge in [-0.25, -0.2) is 4.79 Å². The van der Waals surface area contributed by atoms with Crippen molar-refractivity contribution in [2.45, 2.75) is 13.8 Å². The van der Waals surface area contributed by atoms with Gasteiger partial charge >= 0.3 is 34.9 Å². The van der Waals surface area contributed by atoms with Gasteiger partial charge in [0.25, 0.3) is 0 Å². The number of hydrogen-bond acceptors (Lipinski definition) is 5. The third kappa shape index (κ3) is 6.84. The summed E-state index contributed by atoms with van der Waals surface area (Å²) in [6.45, 7) is 5.98. The SMILES string of the molecule is C=C(C)C(=O)OOS(=O)(=O)CC.[H-].[Li+]. The molecule has 72 valence electrons. The quantitative estimate of drug-likeness (QED) is 0.218. The van der Waals surface area contributed by atoms with Crippen LogP contribution in [0.2, 0.25) is 0 Å². The summed E-state index contributed by atoms with van der Waals surface area (Å²) in [6, 6.07) is 0. The first kappa shape index (κ1) is 15.2. The van der Waals surface area contributed by atoms with E-state index in [0.717, 1.165) is 0 Å². The van der Waals surface area contributed by atoms with Crippen molar-refractivity contribution >= 4 is 16.1 Å². The molecular formula is C6H11LiO5S. The van der Waals surface area contributed by atoms with Crippen molar-refractivity contribution in [3.8, 4) is 0 Å². The molecule has 0 aromatic rings. The van der Waals surface area contributed by atoms with Gasteiger partial charge in [-0.3, -0.25) is 4.89 Å². The summed E-state index contributed by atoms with van der Waals surface area (Å²) >= 11 is 0. The second kappa shape index (κ2) is 6.21. The van der Waals surface area contributed by atoms with Crippen molar-refractivity contribution in [1.29, 1.82) is 0 Å². The maximum Gasteiger partial charge on any atom is 1.00 e. The van der Waals surface area contributed by atoms with E-state index in [4.69, 9.17) is 0 Å². The second-order valence-electron chi connectivity index (χ2n) is 2.07. The molecule has 0 aliphatic heterocycles. The largest absolute Gasteiger partial charge is 1.00 e. The fourth-order valence-corrected chi connectivity index (χ4v) is 0.464. The second-order valence-corrected chi connectivity index (χ2v) is 3.89. The monoisotopic (exact) mass is 202 g/mol. The zero-order chi connectivity index (χ0) is 9.78. The van der Waals surface area contributed by atoms with Crippen LogP contribution in [0.4, 0.5) is 0 Å². The molecule has 0 spiro atoms. The third-order valence-electron chi connectivity index (χ3n) is 0.915. The van der Waals surface area contributed by atoms with Crippen LogP contribution in [0.25, 0.3) is 0 Å². The summed E-state index contributed by atoms with van der Waals surface area (Å²) in [6.07, 6.45) is 0. The van der Waals surface area contributed by atoms with E-state index in [1.165, 1.54) is 13.8 Å². The van der Waals surface area contributed by atoms with E-state index in [9.17, 15) is 13.2 Å². The Hall–Kier alpha value is -0.283. The smallest absolute Gasteiger partial charge is 1.00 e. The van der Waals surface area contributed by atoms with Gasteiger partial charge in [-0.15, -0.1) is 0 Å². The molecule has 13 heavy (non-hydrogen) atoms. The van der Waals surface area contributed by atoms with Gasteiger partial charge < -0.3 is 1.43 Å². The van der Waals surface area contributed by atoms with E-state index in [-0.39, 0.29) is 31.6 Å². The van der Waals surface area contributed by atoms with Crippen LogP contribution in [-0.4, -0.2) is 20.1 Å². The Bertz CT molecular complexity index is 287. The molecule has 0 aliphatic rings. The van der Waals surface area contributed by atoms with Gasteiger partial charge in [0.1, 0.15) is 0 Å². The zero-order valence-corrected chi connectivity index (χ0v) is 8.68. The Morgan fingerprint density at radius 2 is 2.00 bits per heavy atom. The summed E-state index contributed by atoms with van der Waals surface area (Å²) in [5, 5.41) is 0. The van der Waals surface area contributed by atoms with Gasteiger partial charge in [0.2, 0.25) is 0 Å². The third-order valence-corrected chi connectivity index (χ3v) is 1.90. The van der Waals surface area contributed by atoms with Crippen molar-refractivity contribution in [2.24, 2.45) is 0 Å². The first-order valence-electron chi connectivity index (χ1n) is 3.17. The summed E-state index contributed by atoms with van der Waals surface area (Å²) in [5.41, 5.74) is 0.0707. The van der Waals surface area contributed by atoms with E-state index in [1.54, 1.807) is 0 Å². The average Bonchev–Trinajstić information content (AvgIpc) is 2.00. The van der Waals surface area contributed by atoms with Gasteiger partial charge in [-0.2, -0.15) is 8.42 Å². The number of carbonyl (C=O) groups excluding carboxylic acids is 1. The Balaban J connectivity index is -0.000000605. The molecule has 0 radical (unpaired) electrons. The van der Waals surface area contributed by atoms with Gasteiger partial charge in [0.05, 0.1) is 5.75 Å². The van der Waals surface area contributed by atoms with Crippen molar-refractivity contribution in [2.75, 3.05) is 5.75 Å². The van der Waals surface area contributed by atoms with Gasteiger partial charge in [0, 0.05) is 5.57 Å². The predicted octanol–water partition coefficient (Wildman–Crippen LogP) is -2.50. The van der Waals surface area contributed by atoms with Crippen LogP contribution in [0.5, 0.6) is 0 Å². The predicted molar refractivity (Wildman–Crippen MR) is 42.6 cm³/mol. The summed E-state index contributed by atoms with van der Waals surface area (Å²) < 4.78 is 25.1. The van der Waals surface area contributed by atoms with Crippen molar-refractivity contribution in [3.05, 3.63) is 12.2 Å². The fourth-order valence-electron chi connectivity index (χ4n) is 0.202. The van der Waals surface area contributed by atoms with Gasteiger partial charge in [-0.1, -0.05) is 10.9 Å². The molecule has 0 saturated carbocycles. The molecule has 0 N–H and O–H groups in total. The zero-order valence-electron chi connectivity index (χ0n) is 8.86. The topological polar surface area (TPSA) is 69.7 Å². The Morgan fingerprint density at radius 1 is 1.54 bits per heavy atom. The first-order chi connectivity index (χ1) is 5.39. The maximum atomic E-state index is 10.6. The average molecular weight is 202 g/mol. The molecule has 0 unspecified atom stereocenters. The van der Waals surface area contributed by atoms with E-state index in [2.05, 4.69) is 15.8 Å². The van der Waals surface area contributed by atoms with E-state index >= 15 is 0 Å². The van der Waals surface area contributed by atoms with Crippen LogP contribution in [0.15, 0.2) is 12.2 Å². The molecule has 0 atom stereocenters. The normalized spacial score (nSPS) is 10.0. The molecule has 0 amide bonds. The summed E-state index contributed by atoms with van der Waals surface area (Å²) in [5.74, 6) is -1.15. The number of rotatable bonds is 4. The van der Waals surface area contributed by atoms with Crippen LogP contribution >= 0.6 is 0 Å². The van der Waals surface area contributed by atoms with Gasteiger partial charge in [0.15, 0.2) is 0 Å². The van der Waals surface area contributed by atoms with Crippen LogP contribution in [0, 0.1) is 0 Å². The molecule has 5 nitrogen and oxygen atoms in total. The first-order valence-corrected chi connectivity index (χ1v) is 4.75.